The lowest BCUT2D eigenvalue weighted by molar-refractivity contribution is -0.137. The fraction of sp³-hybridized carbons (Fsp3) is 0.458. The zero-order chi connectivity index (χ0) is 23.8. The van der Waals surface area contributed by atoms with Crippen LogP contribution in [-0.2, 0) is 11.3 Å². The number of carboxylic acids is 1. The van der Waals surface area contributed by atoms with Crippen molar-refractivity contribution in [2.75, 3.05) is 17.2 Å². The van der Waals surface area contributed by atoms with Gasteiger partial charge in [0.05, 0.1) is 6.33 Å². The van der Waals surface area contributed by atoms with Crippen LogP contribution < -0.4 is 10.6 Å². The summed E-state index contributed by atoms with van der Waals surface area (Å²) in [5, 5.41) is 15.2. The summed E-state index contributed by atoms with van der Waals surface area (Å²) in [6.07, 6.45) is 6.66. The molecule has 0 saturated carbocycles. The number of benzene rings is 1. The molecule has 3 rings (SSSR count). The first-order valence-corrected chi connectivity index (χ1v) is 11.6. The average molecular weight is 453 g/mol. The third kappa shape index (κ3) is 6.06. The van der Waals surface area contributed by atoms with Gasteiger partial charge in [0.15, 0.2) is 17.0 Å². The number of unbranched alkanes of at least 4 members (excludes halogenated alkanes) is 1. The number of anilines is 2. The molecule has 0 spiro atoms. The summed E-state index contributed by atoms with van der Waals surface area (Å²) < 4.78 is 1.42. The van der Waals surface area contributed by atoms with E-state index in [2.05, 4.69) is 46.4 Å². The summed E-state index contributed by atoms with van der Waals surface area (Å²) in [4.78, 5) is 37.2. The lowest BCUT2D eigenvalue weighted by atomic mass is 9.91. The van der Waals surface area contributed by atoms with Crippen molar-refractivity contribution in [3.8, 4) is 0 Å². The fourth-order valence-electron chi connectivity index (χ4n) is 3.80. The Bertz CT molecular complexity index is 1090. The Morgan fingerprint density at radius 1 is 1.09 bits per heavy atom. The molecule has 9 nitrogen and oxygen atoms in total. The minimum absolute atomic E-state index is 0.0973. The molecule has 0 aliphatic heterocycles. The lowest BCUT2D eigenvalue weighted by Crippen LogP contribution is -2.16. The number of amides is 1. The van der Waals surface area contributed by atoms with Crippen molar-refractivity contribution in [1.29, 1.82) is 0 Å². The van der Waals surface area contributed by atoms with Crippen molar-refractivity contribution in [1.82, 2.24) is 19.5 Å². The molecule has 0 bridgehead atoms. The van der Waals surface area contributed by atoms with Gasteiger partial charge >= 0.3 is 5.97 Å². The standard InChI is InChI=1S/C24H32N6O3/c1-4-7-13-25-21-20-22(30(15-26-20)14-19(31)32)28-24(27-21)29-23(33)18-11-9-17(10-12-18)16(6-3)8-5-2/h9-12,15-16H,4-8,13-14H2,1-3H3,(H,31,32)(H2,25,27,28,29,33). The van der Waals surface area contributed by atoms with Crippen LogP contribution in [0.5, 0.6) is 0 Å². The lowest BCUT2D eigenvalue weighted by Gasteiger charge is -2.14. The predicted octanol–water partition coefficient (Wildman–Crippen LogP) is 4.67. The molecule has 0 saturated heterocycles. The van der Waals surface area contributed by atoms with E-state index in [9.17, 15) is 14.7 Å². The van der Waals surface area contributed by atoms with Crippen LogP contribution in [0.1, 0.15) is 74.7 Å². The highest BCUT2D eigenvalue weighted by Gasteiger charge is 2.17. The minimum atomic E-state index is -1.01. The molecule has 1 aromatic carbocycles. The Balaban J connectivity index is 1.86. The van der Waals surface area contributed by atoms with E-state index in [1.54, 1.807) is 0 Å². The summed E-state index contributed by atoms with van der Waals surface area (Å²) in [5.74, 6) is -0.279. The average Bonchev–Trinajstić information content (AvgIpc) is 3.20. The second-order valence-electron chi connectivity index (χ2n) is 8.08. The maximum absolute atomic E-state index is 12.9. The van der Waals surface area contributed by atoms with Crippen molar-refractivity contribution >= 4 is 34.8 Å². The van der Waals surface area contributed by atoms with Crippen LogP contribution in [0.25, 0.3) is 11.2 Å². The molecule has 2 heterocycles. The second-order valence-corrected chi connectivity index (χ2v) is 8.08. The minimum Gasteiger partial charge on any atom is -0.480 e. The van der Waals surface area contributed by atoms with Crippen molar-refractivity contribution in [2.24, 2.45) is 0 Å². The molecule has 3 N–H and O–H groups in total. The predicted molar refractivity (Wildman–Crippen MR) is 129 cm³/mol. The molecule has 176 valence electrons. The third-order valence-corrected chi connectivity index (χ3v) is 5.59. The van der Waals surface area contributed by atoms with Gasteiger partial charge < -0.3 is 15.0 Å². The van der Waals surface area contributed by atoms with Crippen LogP contribution in [0, 0.1) is 0 Å². The van der Waals surface area contributed by atoms with Gasteiger partial charge in [0.1, 0.15) is 6.54 Å². The summed E-state index contributed by atoms with van der Waals surface area (Å²) in [5.41, 5.74) is 2.56. The highest BCUT2D eigenvalue weighted by molar-refractivity contribution is 6.04. The first kappa shape index (κ1) is 24.2. The molecule has 9 heteroatoms. The van der Waals surface area contributed by atoms with E-state index >= 15 is 0 Å². The van der Waals surface area contributed by atoms with Gasteiger partial charge in [-0.15, -0.1) is 0 Å². The Kier molecular flexibility index (Phi) is 8.34. The van der Waals surface area contributed by atoms with Crippen LogP contribution in [0.4, 0.5) is 11.8 Å². The molecule has 0 aliphatic rings. The quantitative estimate of drug-likeness (QED) is 0.341. The fourth-order valence-corrected chi connectivity index (χ4v) is 3.80. The Morgan fingerprint density at radius 3 is 2.48 bits per heavy atom. The summed E-state index contributed by atoms with van der Waals surface area (Å²) in [7, 11) is 0. The van der Waals surface area contributed by atoms with Gasteiger partial charge in [0.2, 0.25) is 5.95 Å². The van der Waals surface area contributed by atoms with Crippen LogP contribution in [0.2, 0.25) is 0 Å². The highest BCUT2D eigenvalue weighted by atomic mass is 16.4. The number of carbonyl (C=O) groups excluding carboxylic acids is 1. The van der Waals surface area contributed by atoms with E-state index in [-0.39, 0.29) is 18.4 Å². The Labute approximate surface area is 193 Å². The van der Waals surface area contributed by atoms with Gasteiger partial charge in [-0.3, -0.25) is 14.9 Å². The summed E-state index contributed by atoms with van der Waals surface area (Å²) in [6, 6.07) is 7.64. The van der Waals surface area contributed by atoms with Crippen molar-refractivity contribution in [2.45, 2.75) is 65.3 Å². The summed E-state index contributed by atoms with van der Waals surface area (Å²) in [6.45, 7) is 6.83. The maximum Gasteiger partial charge on any atom is 0.323 e. The van der Waals surface area contributed by atoms with Gasteiger partial charge in [-0.25, -0.2) is 4.98 Å². The van der Waals surface area contributed by atoms with Crippen LogP contribution in [0.3, 0.4) is 0 Å². The zero-order valence-electron chi connectivity index (χ0n) is 19.5. The van der Waals surface area contributed by atoms with Gasteiger partial charge in [0.25, 0.3) is 5.91 Å². The maximum atomic E-state index is 12.9. The number of carbonyl (C=O) groups is 2. The smallest absolute Gasteiger partial charge is 0.323 e. The number of rotatable bonds is 12. The van der Waals surface area contributed by atoms with Crippen LogP contribution in [-0.4, -0.2) is 43.0 Å². The van der Waals surface area contributed by atoms with Crippen molar-refractivity contribution < 1.29 is 14.7 Å². The molecule has 0 aliphatic carbocycles. The topological polar surface area (TPSA) is 122 Å². The van der Waals surface area contributed by atoms with E-state index in [1.807, 2.05) is 24.3 Å². The molecular weight excluding hydrogens is 420 g/mol. The second kappa shape index (κ2) is 11.4. The number of aromatic nitrogens is 4. The van der Waals surface area contributed by atoms with E-state index < -0.39 is 5.97 Å². The number of hydrogen-bond acceptors (Lipinski definition) is 6. The van der Waals surface area contributed by atoms with Gasteiger partial charge in [0, 0.05) is 12.1 Å². The summed E-state index contributed by atoms with van der Waals surface area (Å²) >= 11 is 0. The first-order chi connectivity index (χ1) is 16.0. The molecule has 3 aromatic rings. The molecule has 33 heavy (non-hydrogen) atoms. The van der Waals surface area contributed by atoms with E-state index in [4.69, 9.17) is 0 Å². The number of imidazole rings is 1. The van der Waals surface area contributed by atoms with E-state index in [0.717, 1.165) is 32.1 Å². The molecule has 0 radical (unpaired) electrons. The number of nitrogens with zero attached hydrogens (tertiary/aromatic N) is 4. The zero-order valence-corrected chi connectivity index (χ0v) is 19.5. The van der Waals surface area contributed by atoms with Crippen LogP contribution >= 0.6 is 0 Å². The number of fused-ring (bicyclic) bond motifs is 1. The molecule has 1 atom stereocenters. The highest BCUT2D eigenvalue weighted by Crippen LogP contribution is 2.25. The number of hydrogen-bond donors (Lipinski definition) is 3. The third-order valence-electron chi connectivity index (χ3n) is 5.59. The molecule has 2 aromatic heterocycles. The first-order valence-electron chi connectivity index (χ1n) is 11.6. The number of carboxylic acid groups (broad SMARTS) is 1. The Morgan fingerprint density at radius 2 is 1.85 bits per heavy atom. The Hall–Kier alpha value is -3.49. The largest absolute Gasteiger partial charge is 0.480 e. The molecular formula is C24H32N6O3. The number of aliphatic carboxylic acids is 1. The molecule has 1 amide bonds. The molecule has 0 fully saturated rings. The van der Waals surface area contributed by atoms with Gasteiger partial charge in [-0.1, -0.05) is 45.7 Å². The van der Waals surface area contributed by atoms with Crippen molar-refractivity contribution in [3.63, 3.8) is 0 Å². The number of nitrogens with one attached hydrogen (secondary N) is 2. The van der Waals surface area contributed by atoms with Gasteiger partial charge in [-0.05, 0) is 42.9 Å². The van der Waals surface area contributed by atoms with Gasteiger partial charge in [-0.2, -0.15) is 9.97 Å². The van der Waals surface area contributed by atoms with Crippen LogP contribution in [0.15, 0.2) is 30.6 Å². The monoisotopic (exact) mass is 452 g/mol. The molecule has 1 unspecified atom stereocenters. The normalized spacial score (nSPS) is 12.0. The van der Waals surface area contributed by atoms with E-state index in [1.165, 1.54) is 16.5 Å². The van der Waals surface area contributed by atoms with Crippen molar-refractivity contribution in [3.05, 3.63) is 41.7 Å². The van der Waals surface area contributed by atoms with E-state index in [0.29, 0.717) is 35.0 Å². The SMILES string of the molecule is CCCCNc1nc(NC(=O)c2ccc(C(CC)CCC)cc2)nc2c1ncn2CC(=O)O.